The Labute approximate surface area is 148 Å². The first-order chi connectivity index (χ1) is 11.5. The molecule has 1 aliphatic carbocycles. The van der Waals surface area contributed by atoms with E-state index < -0.39 is 0 Å². The molecule has 2 fully saturated rings. The first-order valence-electron chi connectivity index (χ1n) is 8.72. The molecule has 134 valence electrons. The van der Waals surface area contributed by atoms with Gasteiger partial charge in [0, 0.05) is 43.0 Å². The Kier molecular flexibility index (Phi) is 5.92. The van der Waals surface area contributed by atoms with Crippen molar-refractivity contribution in [2.75, 3.05) is 40.5 Å². The van der Waals surface area contributed by atoms with Crippen molar-refractivity contribution >= 4 is 17.2 Å². The van der Waals surface area contributed by atoms with Gasteiger partial charge in [0.1, 0.15) is 6.61 Å². The maximum atomic E-state index is 11.6. The van der Waals surface area contributed by atoms with Crippen molar-refractivity contribution in [3.8, 4) is 0 Å². The van der Waals surface area contributed by atoms with E-state index in [0.717, 1.165) is 32.5 Å². The number of nitrogens with zero attached hydrogens (tertiary/aromatic N) is 2. The van der Waals surface area contributed by atoms with Gasteiger partial charge in [-0.05, 0) is 37.8 Å². The maximum absolute atomic E-state index is 11.6. The number of ether oxygens (including phenoxy) is 2. The molecular formula is C18H28N2O3S. The highest BCUT2D eigenvalue weighted by Gasteiger charge is 2.41. The molecule has 6 heteroatoms. The van der Waals surface area contributed by atoms with E-state index in [1.165, 1.54) is 9.75 Å². The highest BCUT2D eigenvalue weighted by Crippen LogP contribution is 2.35. The molecule has 3 atom stereocenters. The molecule has 1 saturated heterocycles. The normalized spacial score (nSPS) is 27.2. The Morgan fingerprint density at radius 3 is 2.96 bits per heavy atom. The van der Waals surface area contributed by atoms with E-state index >= 15 is 0 Å². The molecule has 1 aromatic heterocycles. The van der Waals surface area contributed by atoms with Crippen LogP contribution >= 0.6 is 11.3 Å². The van der Waals surface area contributed by atoms with Crippen molar-refractivity contribution in [2.45, 2.75) is 38.5 Å². The number of amides is 1. The molecule has 3 unspecified atom stereocenters. The van der Waals surface area contributed by atoms with E-state index in [2.05, 4.69) is 24.0 Å². The summed E-state index contributed by atoms with van der Waals surface area (Å²) in [5.74, 6) is 0.511. The Morgan fingerprint density at radius 1 is 1.42 bits per heavy atom. The van der Waals surface area contributed by atoms with Crippen LogP contribution in [-0.2, 0) is 20.8 Å². The minimum atomic E-state index is 0.0244. The number of fused-ring (bicyclic) bond motifs is 1. The van der Waals surface area contributed by atoms with Gasteiger partial charge >= 0.3 is 0 Å². The molecule has 5 nitrogen and oxygen atoms in total. The van der Waals surface area contributed by atoms with Crippen molar-refractivity contribution in [1.29, 1.82) is 0 Å². The minimum Gasteiger partial charge on any atom is -0.375 e. The average Bonchev–Trinajstić information content (AvgIpc) is 3.13. The zero-order chi connectivity index (χ0) is 17.1. The van der Waals surface area contributed by atoms with Crippen LogP contribution in [0.4, 0.5) is 0 Å². The Balaban J connectivity index is 1.50. The Morgan fingerprint density at radius 2 is 2.25 bits per heavy atom. The summed E-state index contributed by atoms with van der Waals surface area (Å²) < 4.78 is 11.6. The van der Waals surface area contributed by atoms with Crippen LogP contribution in [0.2, 0.25) is 0 Å². The van der Waals surface area contributed by atoms with Gasteiger partial charge in [0.05, 0.1) is 19.3 Å². The average molecular weight is 353 g/mol. The maximum Gasteiger partial charge on any atom is 0.248 e. The van der Waals surface area contributed by atoms with Crippen molar-refractivity contribution in [3.05, 3.63) is 21.9 Å². The number of carbonyl (C=O) groups excluding carboxylic acids is 1. The number of aryl methyl sites for hydroxylation is 1. The van der Waals surface area contributed by atoms with E-state index in [9.17, 15) is 4.79 Å². The number of likely N-dealkylation sites (N-methyl/N-ethyl adjacent to an activating group) is 1. The van der Waals surface area contributed by atoms with Crippen LogP contribution in [-0.4, -0.2) is 68.3 Å². The number of morpholine rings is 1. The van der Waals surface area contributed by atoms with Gasteiger partial charge in [-0.2, -0.15) is 0 Å². The minimum absolute atomic E-state index is 0.0244. The number of hydrogen-bond donors (Lipinski definition) is 0. The molecule has 0 radical (unpaired) electrons. The summed E-state index contributed by atoms with van der Waals surface area (Å²) in [5.41, 5.74) is 0. The van der Waals surface area contributed by atoms with E-state index in [4.69, 9.17) is 9.47 Å². The van der Waals surface area contributed by atoms with Crippen molar-refractivity contribution in [2.24, 2.45) is 5.92 Å². The molecule has 1 amide bonds. The van der Waals surface area contributed by atoms with Crippen molar-refractivity contribution < 1.29 is 14.3 Å². The molecule has 1 aliphatic heterocycles. The number of hydrogen-bond acceptors (Lipinski definition) is 5. The zero-order valence-electron chi connectivity index (χ0n) is 14.9. The van der Waals surface area contributed by atoms with Gasteiger partial charge in [-0.25, -0.2) is 0 Å². The lowest BCUT2D eigenvalue weighted by Gasteiger charge is -2.37. The number of carbonyl (C=O) groups is 1. The van der Waals surface area contributed by atoms with Gasteiger partial charge in [-0.1, -0.05) is 0 Å². The third-order valence-corrected chi connectivity index (χ3v) is 5.97. The predicted octanol–water partition coefficient (Wildman–Crippen LogP) is 2.14. The number of rotatable bonds is 6. The molecule has 2 heterocycles. The third kappa shape index (κ3) is 4.36. The van der Waals surface area contributed by atoms with Crippen molar-refractivity contribution in [1.82, 2.24) is 9.80 Å². The molecule has 1 aromatic rings. The fourth-order valence-corrected chi connectivity index (χ4v) is 4.59. The molecule has 1 saturated carbocycles. The lowest BCUT2D eigenvalue weighted by molar-refractivity contribution is -0.134. The fourth-order valence-electron chi connectivity index (χ4n) is 3.67. The summed E-state index contributed by atoms with van der Waals surface area (Å²) in [6.45, 7) is 5.84. The van der Waals surface area contributed by atoms with Crippen LogP contribution < -0.4 is 0 Å². The lowest BCUT2D eigenvalue weighted by atomic mass is 10.1. The quantitative estimate of drug-likeness (QED) is 0.787. The molecule has 0 spiro atoms. The summed E-state index contributed by atoms with van der Waals surface area (Å²) in [4.78, 5) is 18.5. The van der Waals surface area contributed by atoms with Crippen LogP contribution in [0.25, 0.3) is 0 Å². The Hall–Kier alpha value is -0.950. The first-order valence-corrected chi connectivity index (χ1v) is 9.53. The molecular weight excluding hydrogens is 324 g/mol. The van der Waals surface area contributed by atoms with Gasteiger partial charge < -0.3 is 14.4 Å². The summed E-state index contributed by atoms with van der Waals surface area (Å²) >= 11 is 1.89. The van der Waals surface area contributed by atoms with Gasteiger partial charge in [-0.3, -0.25) is 9.69 Å². The molecule has 3 rings (SSSR count). The number of thiophene rings is 1. The predicted molar refractivity (Wildman–Crippen MR) is 95.2 cm³/mol. The van der Waals surface area contributed by atoms with Crippen LogP contribution in [0.3, 0.4) is 0 Å². The Bertz CT molecular complexity index is 560. The summed E-state index contributed by atoms with van der Waals surface area (Å²) in [6.07, 6.45) is 2.46. The third-order valence-electron chi connectivity index (χ3n) is 4.98. The lowest BCUT2D eigenvalue weighted by Crippen LogP contribution is -2.47. The molecule has 0 N–H and O–H groups in total. The second-order valence-electron chi connectivity index (χ2n) is 7.10. The van der Waals surface area contributed by atoms with Gasteiger partial charge in [0.2, 0.25) is 5.91 Å². The highest BCUT2D eigenvalue weighted by molar-refractivity contribution is 7.11. The van der Waals surface area contributed by atoms with Gasteiger partial charge in [-0.15, -0.1) is 11.3 Å². The highest BCUT2D eigenvalue weighted by atomic mass is 32.1. The summed E-state index contributed by atoms with van der Waals surface area (Å²) in [6, 6.07) is 4.93. The van der Waals surface area contributed by atoms with Gasteiger partial charge in [0.25, 0.3) is 0 Å². The molecule has 0 bridgehead atoms. The second-order valence-corrected chi connectivity index (χ2v) is 8.47. The van der Waals surface area contributed by atoms with Crippen LogP contribution in [0, 0.1) is 12.8 Å². The zero-order valence-corrected chi connectivity index (χ0v) is 15.7. The van der Waals surface area contributed by atoms with E-state index in [0.29, 0.717) is 24.7 Å². The van der Waals surface area contributed by atoms with E-state index in [-0.39, 0.29) is 12.5 Å². The van der Waals surface area contributed by atoms with E-state index in [1.54, 1.807) is 19.0 Å². The van der Waals surface area contributed by atoms with Crippen LogP contribution in [0.15, 0.2) is 12.1 Å². The fraction of sp³-hybridized carbons (Fsp3) is 0.722. The summed E-state index contributed by atoms with van der Waals surface area (Å²) in [7, 11) is 3.52. The van der Waals surface area contributed by atoms with Gasteiger partial charge in [0.15, 0.2) is 0 Å². The van der Waals surface area contributed by atoms with Crippen molar-refractivity contribution in [3.63, 3.8) is 0 Å². The second kappa shape index (κ2) is 7.95. The van der Waals surface area contributed by atoms with Crippen LogP contribution in [0.5, 0.6) is 0 Å². The smallest absolute Gasteiger partial charge is 0.248 e. The molecule has 24 heavy (non-hydrogen) atoms. The largest absolute Gasteiger partial charge is 0.375 e. The summed E-state index contributed by atoms with van der Waals surface area (Å²) in [5, 5.41) is 0. The first kappa shape index (κ1) is 17.9. The van der Waals surface area contributed by atoms with Crippen LogP contribution in [0.1, 0.15) is 22.6 Å². The molecule has 0 aromatic carbocycles. The molecule has 2 aliphatic rings. The van der Waals surface area contributed by atoms with E-state index in [1.807, 2.05) is 11.3 Å². The standard InChI is InChI=1S/C18H28N2O3S/c1-13-4-5-15(24-13)10-20-6-7-23-17-9-14(8-16(17)20)11-22-12-18(21)19(2)3/h4-5,14,16-17H,6-12H2,1-3H3. The SMILES string of the molecule is Cc1ccc(CN2CCOC3CC(COCC(=O)N(C)C)CC32)s1. The topological polar surface area (TPSA) is 42.0 Å². The monoisotopic (exact) mass is 352 g/mol.